The van der Waals surface area contributed by atoms with Crippen molar-refractivity contribution in [2.75, 3.05) is 12.3 Å². The average molecular weight is 318 g/mol. The van der Waals surface area contributed by atoms with E-state index in [1.807, 2.05) is 0 Å². The predicted octanol–water partition coefficient (Wildman–Crippen LogP) is 0.968. The number of anilines is 1. The van der Waals surface area contributed by atoms with Crippen LogP contribution in [0.1, 0.15) is 35.4 Å². The van der Waals surface area contributed by atoms with Crippen molar-refractivity contribution in [3.05, 3.63) is 28.3 Å². The molecule has 2 atom stereocenters. The van der Waals surface area contributed by atoms with Crippen LogP contribution in [-0.2, 0) is 9.53 Å². The van der Waals surface area contributed by atoms with Crippen LogP contribution >= 0.6 is 11.6 Å². The van der Waals surface area contributed by atoms with Gasteiger partial charge in [-0.15, -0.1) is 0 Å². The first-order chi connectivity index (χ1) is 9.77. The average Bonchev–Trinajstić information content (AvgIpc) is 2.40. The van der Waals surface area contributed by atoms with Crippen molar-refractivity contribution in [3.63, 3.8) is 0 Å². The Hall–Kier alpha value is -1.83. The quantitative estimate of drug-likeness (QED) is 0.454. The molecule has 0 bridgehead atoms. The number of hydrogen-bond donors (Lipinski definition) is 4. The lowest BCUT2D eigenvalue weighted by Crippen LogP contribution is -2.24. The molecule has 1 aromatic rings. The van der Waals surface area contributed by atoms with E-state index in [1.165, 1.54) is 6.07 Å². The van der Waals surface area contributed by atoms with Crippen LogP contribution in [0.15, 0.2) is 12.1 Å². The zero-order valence-corrected chi connectivity index (χ0v) is 12.0. The van der Waals surface area contributed by atoms with Crippen molar-refractivity contribution in [3.8, 4) is 0 Å². The maximum atomic E-state index is 11.3. The van der Waals surface area contributed by atoms with E-state index >= 15 is 0 Å². The molecule has 0 amide bonds. The van der Waals surface area contributed by atoms with E-state index in [0.29, 0.717) is 0 Å². The number of esters is 1. The zero-order valence-electron chi connectivity index (χ0n) is 11.2. The third-order valence-corrected chi connectivity index (χ3v) is 2.99. The molecule has 2 unspecified atom stereocenters. The summed E-state index contributed by atoms with van der Waals surface area (Å²) in [7, 11) is 0. The van der Waals surface area contributed by atoms with Crippen LogP contribution in [-0.4, -0.2) is 40.0 Å². The maximum Gasteiger partial charge on any atom is 0.337 e. The van der Waals surface area contributed by atoms with Crippen molar-refractivity contribution in [2.24, 2.45) is 0 Å². The number of ether oxygens (including phenoxy) is 1. The summed E-state index contributed by atoms with van der Waals surface area (Å²) in [5, 5.41) is 28.9. The summed E-state index contributed by atoms with van der Waals surface area (Å²) in [6, 6.07) is 2.37. The second kappa shape index (κ2) is 7.26. The van der Waals surface area contributed by atoms with Gasteiger partial charge in [-0.1, -0.05) is 11.6 Å². The van der Waals surface area contributed by atoms with E-state index in [4.69, 9.17) is 22.4 Å². The molecule has 8 heteroatoms. The molecule has 0 aliphatic heterocycles. The summed E-state index contributed by atoms with van der Waals surface area (Å²) < 4.78 is 4.65. The molecule has 116 valence electrons. The minimum atomic E-state index is -1.56. The number of aromatic carboxylic acids is 1. The predicted molar refractivity (Wildman–Crippen MR) is 75.0 cm³/mol. The van der Waals surface area contributed by atoms with Gasteiger partial charge in [0.2, 0.25) is 0 Å². The lowest BCUT2D eigenvalue weighted by molar-refractivity contribution is -0.147. The molecule has 5 N–H and O–H groups in total. The van der Waals surface area contributed by atoms with E-state index in [2.05, 4.69) is 4.74 Å². The highest BCUT2D eigenvalue weighted by Crippen LogP contribution is 2.31. The SMILES string of the molecule is CCOC(=O)CC(O)C(O)c1cc(Cl)cc(C(=O)O)c1N. The van der Waals surface area contributed by atoms with Gasteiger partial charge in [-0.25, -0.2) is 4.79 Å². The molecule has 21 heavy (non-hydrogen) atoms. The normalized spacial score (nSPS) is 13.5. The number of benzene rings is 1. The fourth-order valence-corrected chi connectivity index (χ4v) is 2.00. The number of carbonyl (C=O) groups is 2. The first kappa shape index (κ1) is 17.2. The number of nitrogens with two attached hydrogens (primary N) is 1. The summed E-state index contributed by atoms with van der Waals surface area (Å²) in [6.07, 6.45) is -3.51. The van der Waals surface area contributed by atoms with E-state index in [0.717, 1.165) is 6.07 Å². The van der Waals surface area contributed by atoms with Gasteiger partial charge in [-0.05, 0) is 19.1 Å². The van der Waals surface area contributed by atoms with Crippen molar-refractivity contribution in [1.82, 2.24) is 0 Å². The smallest absolute Gasteiger partial charge is 0.337 e. The molecule has 0 aliphatic rings. The minimum absolute atomic E-state index is 0.0407. The molecule has 0 aromatic heterocycles. The van der Waals surface area contributed by atoms with Crippen LogP contribution in [0.5, 0.6) is 0 Å². The van der Waals surface area contributed by atoms with Crippen molar-refractivity contribution in [2.45, 2.75) is 25.6 Å². The third kappa shape index (κ3) is 4.32. The van der Waals surface area contributed by atoms with Crippen LogP contribution in [0.25, 0.3) is 0 Å². The number of halogens is 1. The topological polar surface area (TPSA) is 130 Å². The Bertz CT molecular complexity index is 548. The van der Waals surface area contributed by atoms with Crippen molar-refractivity contribution >= 4 is 29.2 Å². The van der Waals surface area contributed by atoms with Crippen LogP contribution < -0.4 is 5.73 Å². The highest BCUT2D eigenvalue weighted by atomic mass is 35.5. The van der Waals surface area contributed by atoms with Crippen LogP contribution in [0, 0.1) is 0 Å². The number of aliphatic hydroxyl groups excluding tert-OH is 2. The van der Waals surface area contributed by atoms with Gasteiger partial charge in [0, 0.05) is 10.6 Å². The third-order valence-electron chi connectivity index (χ3n) is 2.77. The molecular weight excluding hydrogens is 302 g/mol. The van der Waals surface area contributed by atoms with Crippen LogP contribution in [0.4, 0.5) is 5.69 Å². The number of carboxylic acids is 1. The Balaban J connectivity index is 3.04. The van der Waals surface area contributed by atoms with Gasteiger partial charge in [0.15, 0.2) is 0 Å². The minimum Gasteiger partial charge on any atom is -0.478 e. The monoisotopic (exact) mass is 317 g/mol. The van der Waals surface area contributed by atoms with E-state index in [-0.39, 0.29) is 28.4 Å². The highest BCUT2D eigenvalue weighted by molar-refractivity contribution is 6.31. The van der Waals surface area contributed by atoms with Crippen molar-refractivity contribution < 1.29 is 29.6 Å². The van der Waals surface area contributed by atoms with E-state index in [1.54, 1.807) is 6.92 Å². The van der Waals surface area contributed by atoms with E-state index in [9.17, 15) is 19.8 Å². The molecule has 0 aliphatic carbocycles. The van der Waals surface area contributed by atoms with Gasteiger partial charge in [0.05, 0.1) is 30.4 Å². The molecule has 0 spiro atoms. The van der Waals surface area contributed by atoms with Gasteiger partial charge in [0.25, 0.3) is 0 Å². The van der Waals surface area contributed by atoms with Gasteiger partial charge in [-0.2, -0.15) is 0 Å². The van der Waals surface area contributed by atoms with Crippen LogP contribution in [0.3, 0.4) is 0 Å². The van der Waals surface area contributed by atoms with Gasteiger partial charge >= 0.3 is 11.9 Å². The largest absolute Gasteiger partial charge is 0.478 e. The summed E-state index contributed by atoms with van der Waals surface area (Å²) in [6.45, 7) is 1.75. The zero-order chi connectivity index (χ0) is 16.2. The number of carboxylic acid groups (broad SMARTS) is 1. The molecule has 0 saturated carbocycles. The molecule has 0 heterocycles. The lowest BCUT2D eigenvalue weighted by atomic mass is 9.97. The first-order valence-electron chi connectivity index (χ1n) is 6.11. The first-order valence-corrected chi connectivity index (χ1v) is 6.49. The lowest BCUT2D eigenvalue weighted by Gasteiger charge is -2.20. The number of nitrogen functional groups attached to an aromatic ring is 1. The molecular formula is C13H16ClNO6. The number of rotatable bonds is 6. The van der Waals surface area contributed by atoms with Gasteiger partial charge in [-0.3, -0.25) is 4.79 Å². The molecule has 0 fully saturated rings. The van der Waals surface area contributed by atoms with E-state index < -0.39 is 30.6 Å². The number of hydrogen-bond acceptors (Lipinski definition) is 6. The second-order valence-corrected chi connectivity index (χ2v) is 4.72. The van der Waals surface area contributed by atoms with Gasteiger partial charge < -0.3 is 25.8 Å². The number of aliphatic hydroxyl groups is 2. The molecule has 1 rings (SSSR count). The summed E-state index contributed by atoms with van der Waals surface area (Å²) in [5.41, 5.74) is 5.08. The summed E-state index contributed by atoms with van der Waals surface area (Å²) in [5.74, 6) is -2.01. The summed E-state index contributed by atoms with van der Waals surface area (Å²) >= 11 is 5.77. The maximum absolute atomic E-state index is 11.3. The number of carbonyl (C=O) groups excluding carboxylic acids is 1. The standard InChI is InChI=1S/C13H16ClNO6/c1-2-21-10(17)5-9(16)12(18)7-3-6(14)4-8(11(7)15)13(19)20/h3-4,9,12,16,18H,2,5,15H2,1H3,(H,19,20). The fourth-order valence-electron chi connectivity index (χ4n) is 1.77. The highest BCUT2D eigenvalue weighted by Gasteiger charge is 2.26. The molecule has 0 radical (unpaired) electrons. The molecule has 1 aromatic carbocycles. The Kier molecular flexibility index (Phi) is 5.95. The Morgan fingerprint density at radius 3 is 2.52 bits per heavy atom. The van der Waals surface area contributed by atoms with Crippen LogP contribution in [0.2, 0.25) is 5.02 Å². The Morgan fingerprint density at radius 1 is 1.38 bits per heavy atom. The summed E-state index contributed by atoms with van der Waals surface area (Å²) in [4.78, 5) is 22.3. The Morgan fingerprint density at radius 2 is 2.00 bits per heavy atom. The fraction of sp³-hybridized carbons (Fsp3) is 0.385. The second-order valence-electron chi connectivity index (χ2n) is 4.28. The van der Waals surface area contributed by atoms with Gasteiger partial charge in [0.1, 0.15) is 6.10 Å². The molecule has 7 nitrogen and oxygen atoms in total. The van der Waals surface area contributed by atoms with Crippen molar-refractivity contribution in [1.29, 1.82) is 0 Å². The Labute approximate surface area is 125 Å². The molecule has 0 saturated heterocycles.